The number of ether oxygens (including phenoxy) is 2. The van der Waals surface area contributed by atoms with Crippen molar-refractivity contribution in [1.82, 2.24) is 5.32 Å². The van der Waals surface area contributed by atoms with E-state index in [4.69, 9.17) is 14.6 Å². The number of carbonyl (C=O) groups excluding carboxylic acids is 2. The van der Waals surface area contributed by atoms with Crippen LogP contribution in [-0.2, 0) is 19.1 Å². The van der Waals surface area contributed by atoms with Gasteiger partial charge in [0.2, 0.25) is 0 Å². The molecule has 1 heterocycles. The van der Waals surface area contributed by atoms with Crippen molar-refractivity contribution in [2.75, 3.05) is 19.7 Å². The molecule has 5 aliphatic rings. The quantitative estimate of drug-likeness (QED) is 0.452. The summed E-state index contributed by atoms with van der Waals surface area (Å²) in [5.74, 6) is 0.446. The topological polar surface area (TPSA) is 105 Å². The minimum absolute atomic E-state index is 0.000424. The van der Waals surface area contributed by atoms with Crippen molar-refractivity contribution >= 4 is 11.6 Å². The Balaban J connectivity index is 1.49. The molecule has 1 saturated heterocycles. The minimum Gasteiger partial charge on any atom is -0.396 e. The van der Waals surface area contributed by atoms with Crippen LogP contribution in [0.2, 0.25) is 0 Å². The molecule has 4 aliphatic carbocycles. The van der Waals surface area contributed by atoms with E-state index in [0.717, 1.165) is 37.7 Å². The summed E-state index contributed by atoms with van der Waals surface area (Å²) in [7, 11) is 0. The SMILES string of the molecule is CCCC1O[C@@H]2C[C@H]3[C@@H]4CCC5=CC(=O)C=C[C@]5(C)[C@H]4[C@@H](O)C[C@]3(C)[C@]2(C(=O)CNCCCO)O1. The van der Waals surface area contributed by atoms with Crippen LogP contribution in [0.1, 0.15) is 65.7 Å². The first-order valence-electron chi connectivity index (χ1n) is 13.5. The zero-order valence-corrected chi connectivity index (χ0v) is 21.3. The predicted molar refractivity (Wildman–Crippen MR) is 130 cm³/mol. The number of hydrogen-bond acceptors (Lipinski definition) is 7. The molecule has 7 nitrogen and oxygen atoms in total. The lowest BCUT2D eigenvalue weighted by Gasteiger charge is -2.59. The number of aliphatic hydroxyl groups excluding tert-OH is 2. The molecule has 194 valence electrons. The average molecular weight is 488 g/mol. The Morgan fingerprint density at radius 1 is 1.31 bits per heavy atom. The number of rotatable bonds is 8. The molecule has 7 heteroatoms. The van der Waals surface area contributed by atoms with Gasteiger partial charge in [-0.25, -0.2) is 0 Å². The van der Waals surface area contributed by atoms with Gasteiger partial charge in [0, 0.05) is 23.4 Å². The van der Waals surface area contributed by atoms with Gasteiger partial charge in [0.25, 0.3) is 0 Å². The molecule has 5 rings (SSSR count). The lowest BCUT2D eigenvalue weighted by atomic mass is 9.46. The van der Waals surface area contributed by atoms with Gasteiger partial charge in [-0.3, -0.25) is 9.59 Å². The van der Waals surface area contributed by atoms with E-state index >= 15 is 0 Å². The monoisotopic (exact) mass is 487 g/mol. The molecule has 0 aromatic carbocycles. The van der Waals surface area contributed by atoms with Crippen LogP contribution in [0.4, 0.5) is 0 Å². The van der Waals surface area contributed by atoms with Gasteiger partial charge in [-0.15, -0.1) is 0 Å². The van der Waals surface area contributed by atoms with Crippen molar-refractivity contribution in [2.45, 2.75) is 89.8 Å². The molecule has 3 N–H and O–H groups in total. The number of ketones is 2. The van der Waals surface area contributed by atoms with Crippen LogP contribution in [0.3, 0.4) is 0 Å². The van der Waals surface area contributed by atoms with Crippen LogP contribution >= 0.6 is 0 Å². The Kier molecular flexibility index (Phi) is 6.63. The van der Waals surface area contributed by atoms with Gasteiger partial charge in [0.15, 0.2) is 23.5 Å². The van der Waals surface area contributed by atoms with E-state index in [1.165, 1.54) is 0 Å². The lowest BCUT2D eigenvalue weighted by molar-refractivity contribution is -0.198. The summed E-state index contributed by atoms with van der Waals surface area (Å²) in [6, 6.07) is 0. The maximum absolute atomic E-state index is 13.9. The molecule has 0 aromatic heterocycles. The van der Waals surface area contributed by atoms with Crippen LogP contribution in [0.5, 0.6) is 0 Å². The van der Waals surface area contributed by atoms with Crippen LogP contribution < -0.4 is 5.32 Å². The normalized spacial score (nSPS) is 46.0. The molecule has 3 saturated carbocycles. The fourth-order valence-electron chi connectivity index (χ4n) is 8.54. The molecule has 1 aliphatic heterocycles. The summed E-state index contributed by atoms with van der Waals surface area (Å²) < 4.78 is 13.1. The number of aliphatic hydroxyl groups is 2. The number of allylic oxidation sites excluding steroid dienone is 4. The van der Waals surface area contributed by atoms with Crippen molar-refractivity contribution in [3.63, 3.8) is 0 Å². The van der Waals surface area contributed by atoms with Gasteiger partial charge in [-0.1, -0.05) is 38.8 Å². The molecular formula is C28H41NO6. The van der Waals surface area contributed by atoms with Crippen molar-refractivity contribution in [1.29, 1.82) is 0 Å². The summed E-state index contributed by atoms with van der Waals surface area (Å²) in [6.07, 6.45) is 9.31. The molecule has 0 bridgehead atoms. The van der Waals surface area contributed by atoms with E-state index in [2.05, 4.69) is 26.1 Å². The molecule has 0 aromatic rings. The zero-order chi connectivity index (χ0) is 25.0. The second-order valence-corrected chi connectivity index (χ2v) is 11.8. The number of Topliss-reactive ketones (excluding diaryl/α,β-unsaturated/α-hetero) is 1. The average Bonchev–Trinajstić information content (AvgIpc) is 3.29. The van der Waals surface area contributed by atoms with E-state index in [0.29, 0.717) is 19.4 Å². The van der Waals surface area contributed by atoms with Crippen molar-refractivity contribution in [3.05, 3.63) is 23.8 Å². The predicted octanol–water partition coefficient (Wildman–Crippen LogP) is 2.70. The van der Waals surface area contributed by atoms with Gasteiger partial charge in [0.1, 0.15) is 0 Å². The van der Waals surface area contributed by atoms with E-state index in [1.807, 2.05) is 6.08 Å². The van der Waals surface area contributed by atoms with Crippen LogP contribution in [0.15, 0.2) is 23.8 Å². The maximum Gasteiger partial charge on any atom is 0.181 e. The first-order valence-corrected chi connectivity index (χ1v) is 13.5. The smallest absolute Gasteiger partial charge is 0.181 e. The Morgan fingerprint density at radius 3 is 2.86 bits per heavy atom. The Morgan fingerprint density at radius 2 is 2.11 bits per heavy atom. The van der Waals surface area contributed by atoms with E-state index in [1.54, 1.807) is 12.2 Å². The summed E-state index contributed by atoms with van der Waals surface area (Å²) in [5.41, 5.74) is -0.834. The number of fused-ring (bicyclic) bond motifs is 7. The molecule has 4 fully saturated rings. The van der Waals surface area contributed by atoms with Crippen molar-refractivity contribution in [3.8, 4) is 0 Å². The molecule has 0 radical (unpaired) electrons. The van der Waals surface area contributed by atoms with E-state index in [9.17, 15) is 14.7 Å². The second-order valence-electron chi connectivity index (χ2n) is 11.8. The van der Waals surface area contributed by atoms with Crippen molar-refractivity contribution in [2.24, 2.45) is 28.6 Å². The van der Waals surface area contributed by atoms with E-state index < -0.39 is 23.4 Å². The van der Waals surface area contributed by atoms with Gasteiger partial charge in [-0.05, 0) is 69.1 Å². The van der Waals surface area contributed by atoms with Crippen LogP contribution in [0, 0.1) is 28.6 Å². The number of carbonyl (C=O) groups is 2. The summed E-state index contributed by atoms with van der Waals surface area (Å²) in [4.78, 5) is 26.0. The first-order chi connectivity index (χ1) is 16.7. The zero-order valence-electron chi connectivity index (χ0n) is 21.3. The largest absolute Gasteiger partial charge is 0.396 e. The summed E-state index contributed by atoms with van der Waals surface area (Å²) in [6.45, 7) is 7.21. The minimum atomic E-state index is -1.08. The number of nitrogens with one attached hydrogen (secondary N) is 1. The van der Waals surface area contributed by atoms with Gasteiger partial charge < -0.3 is 25.0 Å². The first kappa shape index (κ1) is 25.3. The van der Waals surface area contributed by atoms with Crippen LogP contribution in [0.25, 0.3) is 0 Å². The summed E-state index contributed by atoms with van der Waals surface area (Å²) >= 11 is 0. The highest BCUT2D eigenvalue weighted by Crippen LogP contribution is 2.69. The van der Waals surface area contributed by atoms with Crippen molar-refractivity contribution < 1.29 is 29.3 Å². The molecular weight excluding hydrogens is 446 g/mol. The van der Waals surface area contributed by atoms with Crippen LogP contribution in [-0.4, -0.2) is 65.6 Å². The third-order valence-electron chi connectivity index (χ3n) is 10.0. The highest BCUT2D eigenvalue weighted by atomic mass is 16.7. The second kappa shape index (κ2) is 9.18. The molecule has 1 unspecified atom stereocenters. The fraction of sp³-hybridized carbons (Fsp3) is 0.786. The van der Waals surface area contributed by atoms with E-state index in [-0.39, 0.29) is 54.0 Å². The van der Waals surface area contributed by atoms with Gasteiger partial charge in [-0.2, -0.15) is 0 Å². The maximum atomic E-state index is 13.9. The lowest BCUT2D eigenvalue weighted by Crippen LogP contribution is -2.64. The Labute approximate surface area is 208 Å². The summed E-state index contributed by atoms with van der Waals surface area (Å²) in [5, 5.41) is 24.0. The standard InChI is InChI=1S/C28H41NO6/c1-4-6-24-34-23-14-20-19-8-7-17-13-18(31)9-10-26(17,2)25(19)21(32)15-27(20,3)28(23,35-24)22(33)16-29-11-5-12-30/h9-10,13,19-21,23-25,29-30,32H,4-8,11-12,14-16H2,1-3H3/t19-,20-,21-,23+,24?,25+,26-,27-,28+/m0/s1. The molecule has 9 atom stereocenters. The Bertz CT molecular complexity index is 930. The third kappa shape index (κ3) is 3.64. The molecule has 0 amide bonds. The molecule has 35 heavy (non-hydrogen) atoms. The number of hydrogen-bond donors (Lipinski definition) is 3. The fourth-order valence-corrected chi connectivity index (χ4v) is 8.54. The van der Waals surface area contributed by atoms with Gasteiger partial charge >= 0.3 is 0 Å². The highest BCUT2D eigenvalue weighted by molar-refractivity contribution is 6.01. The molecule has 0 spiro atoms. The third-order valence-corrected chi connectivity index (χ3v) is 10.0. The Hall–Kier alpha value is -1.38. The highest BCUT2D eigenvalue weighted by Gasteiger charge is 2.75. The van der Waals surface area contributed by atoms with Gasteiger partial charge in [0.05, 0.1) is 18.8 Å².